The molecule has 0 atom stereocenters. The van der Waals surface area contributed by atoms with Crippen LogP contribution in [0, 0.1) is 0 Å². The van der Waals surface area contributed by atoms with Gasteiger partial charge in [-0.3, -0.25) is 0 Å². The summed E-state index contributed by atoms with van der Waals surface area (Å²) in [6, 6.07) is 4.45. The Morgan fingerprint density at radius 1 is 1.53 bits per heavy atom. The fourth-order valence-electron chi connectivity index (χ4n) is 1.00. The van der Waals surface area contributed by atoms with Gasteiger partial charge in [0.25, 0.3) is 0 Å². The van der Waals surface area contributed by atoms with Crippen LogP contribution < -0.4 is 9.88 Å². The number of ether oxygens (including phenoxy) is 1. The van der Waals surface area contributed by atoms with Crippen LogP contribution in [-0.2, 0) is 10.0 Å². The van der Waals surface area contributed by atoms with E-state index in [1.165, 1.54) is 12.1 Å². The molecule has 0 aliphatic heterocycles. The van der Waals surface area contributed by atoms with Crippen LogP contribution >= 0.6 is 39.1 Å². The quantitative estimate of drug-likeness (QED) is 0.897. The van der Waals surface area contributed by atoms with Gasteiger partial charge in [0.2, 0.25) is 10.0 Å². The highest BCUT2D eigenvalue weighted by Gasteiger charge is 2.15. The Morgan fingerprint density at radius 3 is 2.71 bits per heavy atom. The third kappa shape index (κ3) is 4.48. The summed E-state index contributed by atoms with van der Waals surface area (Å²) in [6.45, 7) is -0.0325. The highest BCUT2D eigenvalue weighted by Crippen LogP contribution is 2.27. The van der Waals surface area contributed by atoms with E-state index < -0.39 is 10.0 Å². The average molecular weight is 361 g/mol. The highest BCUT2D eigenvalue weighted by atomic mass is 79.9. The molecular weight excluding hydrogens is 353 g/mol. The topological polar surface area (TPSA) is 69.4 Å². The van der Waals surface area contributed by atoms with E-state index in [9.17, 15) is 8.42 Å². The Morgan fingerprint density at radius 2 is 2.18 bits per heavy atom. The standard InChI is InChI=1S/C9H8BrCl2NO3S/c10-6-1-2-8(16-5-7(12)4-11)9(3-6)17(13,14)15/h1-4H,5H2,(H2,13,14,15)/b7-4-. The van der Waals surface area contributed by atoms with Crippen molar-refractivity contribution >= 4 is 49.2 Å². The summed E-state index contributed by atoms with van der Waals surface area (Å²) in [5.74, 6) is 0.118. The van der Waals surface area contributed by atoms with Crippen LogP contribution in [0.1, 0.15) is 0 Å². The van der Waals surface area contributed by atoms with Crippen molar-refractivity contribution in [3.63, 3.8) is 0 Å². The summed E-state index contributed by atoms with van der Waals surface area (Å²) in [5.41, 5.74) is 1.14. The first-order valence-electron chi connectivity index (χ1n) is 4.24. The summed E-state index contributed by atoms with van der Waals surface area (Å²) in [6.07, 6.45) is 0. The number of benzene rings is 1. The van der Waals surface area contributed by atoms with Crippen LogP contribution in [0.25, 0.3) is 0 Å². The van der Waals surface area contributed by atoms with Crippen molar-refractivity contribution < 1.29 is 13.2 Å². The second-order valence-electron chi connectivity index (χ2n) is 2.98. The number of primary sulfonamides is 1. The molecular formula is C9H8BrCl2NO3S. The lowest BCUT2D eigenvalue weighted by atomic mass is 10.3. The van der Waals surface area contributed by atoms with E-state index in [4.69, 9.17) is 33.1 Å². The first-order chi connectivity index (χ1) is 7.84. The average Bonchev–Trinajstić information content (AvgIpc) is 2.25. The first-order valence-corrected chi connectivity index (χ1v) is 7.40. The van der Waals surface area contributed by atoms with Crippen molar-refractivity contribution in [3.8, 4) is 5.75 Å². The van der Waals surface area contributed by atoms with E-state index in [-0.39, 0.29) is 22.3 Å². The van der Waals surface area contributed by atoms with E-state index in [0.717, 1.165) is 5.54 Å². The Balaban J connectivity index is 3.08. The van der Waals surface area contributed by atoms with Gasteiger partial charge >= 0.3 is 0 Å². The molecule has 1 aromatic rings. The van der Waals surface area contributed by atoms with Crippen molar-refractivity contribution in [2.45, 2.75) is 4.90 Å². The van der Waals surface area contributed by atoms with Gasteiger partial charge in [0, 0.05) is 10.0 Å². The normalized spacial score (nSPS) is 12.6. The molecule has 0 fully saturated rings. The number of hydrogen-bond acceptors (Lipinski definition) is 3. The molecule has 4 nitrogen and oxygen atoms in total. The lowest BCUT2D eigenvalue weighted by Crippen LogP contribution is -2.14. The number of rotatable bonds is 4. The van der Waals surface area contributed by atoms with Gasteiger partial charge < -0.3 is 4.74 Å². The molecule has 0 spiro atoms. The lowest BCUT2D eigenvalue weighted by molar-refractivity contribution is 0.349. The third-order valence-corrected chi connectivity index (χ3v) is 3.71. The molecule has 8 heteroatoms. The van der Waals surface area contributed by atoms with Crippen LogP contribution in [-0.4, -0.2) is 15.0 Å². The fourth-order valence-corrected chi connectivity index (χ4v) is 2.33. The molecule has 2 N–H and O–H groups in total. The molecule has 94 valence electrons. The molecule has 0 unspecified atom stereocenters. The van der Waals surface area contributed by atoms with Crippen LogP contribution in [0.15, 0.2) is 38.1 Å². The third-order valence-electron chi connectivity index (χ3n) is 1.70. The molecule has 0 radical (unpaired) electrons. The van der Waals surface area contributed by atoms with Gasteiger partial charge in [-0.25, -0.2) is 13.6 Å². The van der Waals surface area contributed by atoms with E-state index in [1.807, 2.05) is 0 Å². The van der Waals surface area contributed by atoms with Crippen LogP contribution in [0.4, 0.5) is 0 Å². The molecule has 0 aromatic heterocycles. The Bertz CT molecular complexity index is 545. The van der Waals surface area contributed by atoms with Gasteiger partial charge in [0.05, 0.1) is 5.03 Å². The fraction of sp³-hybridized carbons (Fsp3) is 0.111. The smallest absolute Gasteiger partial charge is 0.241 e. The van der Waals surface area contributed by atoms with E-state index in [0.29, 0.717) is 4.47 Å². The monoisotopic (exact) mass is 359 g/mol. The molecule has 1 rings (SSSR count). The summed E-state index contributed by atoms with van der Waals surface area (Å²) in [4.78, 5) is -0.120. The largest absolute Gasteiger partial charge is 0.487 e. The molecule has 1 aromatic carbocycles. The second kappa shape index (κ2) is 6.06. The number of nitrogens with two attached hydrogens (primary N) is 1. The predicted octanol–water partition coefficient (Wildman–Crippen LogP) is 2.79. The predicted molar refractivity (Wildman–Crippen MR) is 70.8 cm³/mol. The molecule has 0 bridgehead atoms. The second-order valence-corrected chi connectivity index (χ2v) is 6.13. The zero-order chi connectivity index (χ0) is 13.1. The first kappa shape index (κ1) is 14.8. The van der Waals surface area contributed by atoms with Crippen molar-refractivity contribution in [1.29, 1.82) is 0 Å². The Hall–Kier alpha value is -0.270. The van der Waals surface area contributed by atoms with Gasteiger partial charge in [-0.15, -0.1) is 0 Å². The summed E-state index contributed by atoms with van der Waals surface area (Å²) in [5, 5.41) is 5.31. The molecule has 0 aliphatic carbocycles. The maximum absolute atomic E-state index is 11.3. The minimum Gasteiger partial charge on any atom is -0.487 e. The lowest BCUT2D eigenvalue weighted by Gasteiger charge is -2.09. The number of sulfonamides is 1. The summed E-state index contributed by atoms with van der Waals surface area (Å²) < 4.78 is 28.4. The van der Waals surface area contributed by atoms with Crippen LogP contribution in [0.3, 0.4) is 0 Å². The van der Waals surface area contributed by atoms with Crippen LogP contribution in [0.5, 0.6) is 5.75 Å². The van der Waals surface area contributed by atoms with Crippen molar-refractivity contribution in [2.75, 3.05) is 6.61 Å². The molecule has 0 aliphatic rings. The molecule has 17 heavy (non-hydrogen) atoms. The highest BCUT2D eigenvalue weighted by molar-refractivity contribution is 9.10. The van der Waals surface area contributed by atoms with Gasteiger partial charge in [0.1, 0.15) is 17.3 Å². The van der Waals surface area contributed by atoms with Gasteiger partial charge in [0.15, 0.2) is 0 Å². The minimum absolute atomic E-state index is 0.0325. The number of hydrogen-bond donors (Lipinski definition) is 1. The van der Waals surface area contributed by atoms with Crippen LogP contribution in [0.2, 0.25) is 0 Å². The zero-order valence-electron chi connectivity index (χ0n) is 8.36. The minimum atomic E-state index is -3.86. The van der Waals surface area contributed by atoms with E-state index in [1.54, 1.807) is 6.07 Å². The SMILES string of the molecule is NS(=O)(=O)c1cc(Br)ccc1OC/C(Cl)=C/Cl. The maximum Gasteiger partial charge on any atom is 0.241 e. The molecule has 0 saturated carbocycles. The summed E-state index contributed by atoms with van der Waals surface area (Å²) >= 11 is 14.1. The molecule has 0 amide bonds. The van der Waals surface area contributed by atoms with E-state index in [2.05, 4.69) is 15.9 Å². The Labute approximate surface area is 118 Å². The summed E-state index contributed by atoms with van der Waals surface area (Å²) in [7, 11) is -3.86. The zero-order valence-corrected chi connectivity index (χ0v) is 12.3. The van der Waals surface area contributed by atoms with Gasteiger partial charge in [-0.2, -0.15) is 0 Å². The van der Waals surface area contributed by atoms with Gasteiger partial charge in [-0.1, -0.05) is 39.1 Å². The number of halogens is 3. The van der Waals surface area contributed by atoms with E-state index >= 15 is 0 Å². The Kier molecular flexibility index (Phi) is 5.27. The molecule has 0 heterocycles. The molecule has 0 saturated heterocycles. The van der Waals surface area contributed by atoms with Crippen molar-refractivity contribution in [2.24, 2.45) is 5.14 Å². The maximum atomic E-state index is 11.3. The van der Waals surface area contributed by atoms with Crippen molar-refractivity contribution in [1.82, 2.24) is 0 Å². The van der Waals surface area contributed by atoms with Crippen molar-refractivity contribution in [3.05, 3.63) is 33.2 Å². The van der Waals surface area contributed by atoms with Gasteiger partial charge in [-0.05, 0) is 18.2 Å².